The number of thiophene rings is 1. The average molecular weight is 415 g/mol. The summed E-state index contributed by atoms with van der Waals surface area (Å²) >= 11 is 3.16. The maximum atomic E-state index is 12.4. The summed E-state index contributed by atoms with van der Waals surface area (Å²) in [5, 5.41) is 14.6. The van der Waals surface area contributed by atoms with Gasteiger partial charge in [0.1, 0.15) is 0 Å². The van der Waals surface area contributed by atoms with E-state index in [2.05, 4.69) is 59.2 Å². The van der Waals surface area contributed by atoms with Gasteiger partial charge in [-0.3, -0.25) is 9.36 Å². The Morgan fingerprint density at radius 3 is 2.54 bits per heavy atom. The Balaban J connectivity index is 1.68. The molecule has 0 spiro atoms. The molecule has 1 aromatic carbocycles. The number of hydrogen-bond acceptors (Lipinski definition) is 5. The second-order valence-electron chi connectivity index (χ2n) is 6.81. The quantitative estimate of drug-likeness (QED) is 0.498. The Bertz CT molecular complexity index is 928. The molecule has 0 aliphatic heterocycles. The lowest BCUT2D eigenvalue weighted by atomic mass is 10.1. The summed E-state index contributed by atoms with van der Waals surface area (Å²) in [5.41, 5.74) is 3.17. The monoisotopic (exact) mass is 414 g/mol. The van der Waals surface area contributed by atoms with Gasteiger partial charge in [-0.05, 0) is 50.5 Å². The summed E-state index contributed by atoms with van der Waals surface area (Å²) in [5.74, 6) is 1.12. The van der Waals surface area contributed by atoms with Gasteiger partial charge < -0.3 is 5.32 Å². The number of hydrogen-bond donors (Lipinski definition) is 1. The zero-order valence-corrected chi connectivity index (χ0v) is 18.4. The molecule has 5 nitrogen and oxygen atoms in total. The lowest BCUT2D eigenvalue weighted by Crippen LogP contribution is -2.15. The number of aromatic nitrogens is 3. The Hall–Kier alpha value is -2.12. The zero-order valence-electron chi connectivity index (χ0n) is 16.7. The Morgan fingerprint density at radius 2 is 1.93 bits per heavy atom. The van der Waals surface area contributed by atoms with Gasteiger partial charge in [0.05, 0.1) is 5.75 Å². The Kier molecular flexibility index (Phi) is 6.91. The van der Waals surface area contributed by atoms with Crippen molar-refractivity contribution >= 4 is 34.7 Å². The second-order valence-corrected chi connectivity index (χ2v) is 8.75. The molecule has 0 radical (unpaired) electrons. The maximum absolute atomic E-state index is 12.4. The van der Waals surface area contributed by atoms with E-state index in [9.17, 15) is 4.79 Å². The lowest BCUT2D eigenvalue weighted by molar-refractivity contribution is -0.113. The van der Waals surface area contributed by atoms with Gasteiger partial charge in [-0.2, -0.15) is 0 Å². The number of carbonyl (C=O) groups is 1. The number of rotatable bonds is 8. The van der Waals surface area contributed by atoms with E-state index in [1.165, 1.54) is 22.2 Å². The summed E-state index contributed by atoms with van der Waals surface area (Å²) < 4.78 is 2.11. The molecule has 2 aromatic heterocycles. The SMILES string of the molecule is CCc1ccc(NC(=O)CSc2nnc(-c3csc(CC)c3)n2C(C)C)cc1. The van der Waals surface area contributed by atoms with Crippen molar-refractivity contribution in [3.63, 3.8) is 0 Å². The molecule has 148 valence electrons. The van der Waals surface area contributed by atoms with E-state index in [0.717, 1.165) is 35.1 Å². The van der Waals surface area contributed by atoms with Gasteiger partial charge in [0, 0.05) is 27.5 Å². The molecule has 3 rings (SSSR count). The minimum atomic E-state index is -0.0436. The fourth-order valence-electron chi connectivity index (χ4n) is 2.87. The Labute approximate surface area is 174 Å². The first-order chi connectivity index (χ1) is 13.5. The molecular weight excluding hydrogens is 388 g/mol. The smallest absolute Gasteiger partial charge is 0.234 e. The lowest BCUT2D eigenvalue weighted by Gasteiger charge is -2.13. The van der Waals surface area contributed by atoms with Crippen LogP contribution >= 0.6 is 23.1 Å². The van der Waals surface area contributed by atoms with Crippen molar-refractivity contribution in [2.45, 2.75) is 51.7 Å². The number of nitrogens with zero attached hydrogens (tertiary/aromatic N) is 3. The predicted octanol–water partition coefficient (Wildman–Crippen LogP) is 5.44. The summed E-state index contributed by atoms with van der Waals surface area (Å²) in [4.78, 5) is 13.7. The molecule has 0 atom stereocenters. The highest BCUT2D eigenvalue weighted by Crippen LogP contribution is 2.30. The van der Waals surface area contributed by atoms with Crippen LogP contribution in [0.3, 0.4) is 0 Å². The zero-order chi connectivity index (χ0) is 20.1. The number of benzene rings is 1. The van der Waals surface area contributed by atoms with Crippen LogP contribution < -0.4 is 5.32 Å². The minimum absolute atomic E-state index is 0.0436. The number of thioether (sulfide) groups is 1. The van der Waals surface area contributed by atoms with Gasteiger partial charge in [-0.25, -0.2) is 0 Å². The van der Waals surface area contributed by atoms with Crippen LogP contribution in [0.5, 0.6) is 0 Å². The van der Waals surface area contributed by atoms with Crippen LogP contribution in [0.2, 0.25) is 0 Å². The summed E-state index contributed by atoms with van der Waals surface area (Å²) in [7, 11) is 0. The first-order valence-corrected chi connectivity index (χ1v) is 11.4. The predicted molar refractivity (Wildman–Crippen MR) is 118 cm³/mol. The van der Waals surface area contributed by atoms with E-state index < -0.39 is 0 Å². The number of anilines is 1. The summed E-state index contributed by atoms with van der Waals surface area (Å²) in [6.45, 7) is 8.49. The van der Waals surface area contributed by atoms with E-state index in [0.29, 0.717) is 5.75 Å². The van der Waals surface area contributed by atoms with Crippen molar-refractivity contribution in [3.8, 4) is 11.4 Å². The molecule has 1 amide bonds. The van der Waals surface area contributed by atoms with Gasteiger partial charge >= 0.3 is 0 Å². The molecule has 0 saturated carbocycles. The van der Waals surface area contributed by atoms with Gasteiger partial charge in [0.2, 0.25) is 5.91 Å². The molecule has 0 aliphatic rings. The van der Waals surface area contributed by atoms with Gasteiger partial charge in [0.15, 0.2) is 11.0 Å². The van der Waals surface area contributed by atoms with E-state index in [4.69, 9.17) is 0 Å². The average Bonchev–Trinajstić information content (AvgIpc) is 3.33. The second kappa shape index (κ2) is 9.39. The van der Waals surface area contributed by atoms with E-state index in [1.807, 2.05) is 24.3 Å². The highest BCUT2D eigenvalue weighted by Gasteiger charge is 2.18. The molecule has 0 aliphatic carbocycles. The molecule has 0 saturated heterocycles. The van der Waals surface area contributed by atoms with Crippen LogP contribution in [0.25, 0.3) is 11.4 Å². The van der Waals surface area contributed by atoms with Crippen LogP contribution in [0.4, 0.5) is 5.69 Å². The third-order valence-corrected chi connectivity index (χ3v) is 6.44. The first kappa shape index (κ1) is 20.6. The number of amides is 1. The number of carbonyl (C=O) groups excluding carboxylic acids is 1. The van der Waals surface area contributed by atoms with Crippen LogP contribution in [-0.2, 0) is 17.6 Å². The normalized spacial score (nSPS) is 11.2. The van der Waals surface area contributed by atoms with Crippen molar-refractivity contribution in [2.75, 3.05) is 11.1 Å². The van der Waals surface area contributed by atoms with Crippen molar-refractivity contribution in [1.29, 1.82) is 0 Å². The third-order valence-electron chi connectivity index (χ3n) is 4.42. The molecule has 0 fully saturated rings. The van der Waals surface area contributed by atoms with Gasteiger partial charge in [-0.15, -0.1) is 21.5 Å². The topological polar surface area (TPSA) is 59.8 Å². The number of aryl methyl sites for hydroxylation is 2. The summed E-state index contributed by atoms with van der Waals surface area (Å²) in [6.07, 6.45) is 2.00. The van der Waals surface area contributed by atoms with Crippen molar-refractivity contribution < 1.29 is 4.79 Å². The fourth-order valence-corrected chi connectivity index (χ4v) is 4.55. The van der Waals surface area contributed by atoms with Crippen molar-refractivity contribution in [2.24, 2.45) is 0 Å². The third kappa shape index (κ3) is 4.83. The largest absolute Gasteiger partial charge is 0.325 e. The highest BCUT2D eigenvalue weighted by molar-refractivity contribution is 7.99. The van der Waals surface area contributed by atoms with Crippen molar-refractivity contribution in [3.05, 3.63) is 46.2 Å². The van der Waals surface area contributed by atoms with Crippen LogP contribution in [0.15, 0.2) is 40.9 Å². The van der Waals surface area contributed by atoms with E-state index in [-0.39, 0.29) is 11.9 Å². The molecule has 0 bridgehead atoms. The Morgan fingerprint density at radius 1 is 1.18 bits per heavy atom. The van der Waals surface area contributed by atoms with E-state index in [1.54, 1.807) is 11.3 Å². The fraction of sp³-hybridized carbons (Fsp3) is 0.381. The van der Waals surface area contributed by atoms with Crippen LogP contribution in [0, 0.1) is 0 Å². The van der Waals surface area contributed by atoms with Gasteiger partial charge in [0.25, 0.3) is 0 Å². The molecule has 7 heteroatoms. The van der Waals surface area contributed by atoms with Crippen LogP contribution in [-0.4, -0.2) is 26.4 Å². The molecular formula is C21H26N4OS2. The van der Waals surface area contributed by atoms with Crippen LogP contribution in [0.1, 0.15) is 44.2 Å². The minimum Gasteiger partial charge on any atom is -0.325 e. The molecule has 3 aromatic rings. The first-order valence-electron chi connectivity index (χ1n) is 9.56. The van der Waals surface area contributed by atoms with Crippen molar-refractivity contribution in [1.82, 2.24) is 14.8 Å². The standard InChI is InChI=1S/C21H26N4OS2/c1-5-15-7-9-17(10-8-15)22-19(26)13-28-21-24-23-20(25(21)14(3)4)16-11-18(6-2)27-12-16/h7-12,14H,5-6,13H2,1-4H3,(H,22,26). The maximum Gasteiger partial charge on any atom is 0.234 e. The molecule has 0 unspecified atom stereocenters. The van der Waals surface area contributed by atoms with Gasteiger partial charge in [-0.1, -0.05) is 37.7 Å². The van der Waals surface area contributed by atoms with E-state index >= 15 is 0 Å². The molecule has 1 N–H and O–H groups in total. The molecule has 2 heterocycles. The summed E-state index contributed by atoms with van der Waals surface area (Å²) in [6, 6.07) is 10.3. The number of nitrogens with one attached hydrogen (secondary N) is 1. The molecule has 28 heavy (non-hydrogen) atoms. The highest BCUT2D eigenvalue weighted by atomic mass is 32.2.